The van der Waals surface area contributed by atoms with Crippen molar-refractivity contribution in [2.75, 3.05) is 17.3 Å². The van der Waals surface area contributed by atoms with Crippen molar-refractivity contribution < 1.29 is 18.8 Å². The first kappa shape index (κ1) is 29.8. The third-order valence-electron chi connectivity index (χ3n) is 6.13. The molecule has 0 unspecified atom stereocenters. The van der Waals surface area contributed by atoms with Crippen LogP contribution in [0.25, 0.3) is 11.1 Å². The van der Waals surface area contributed by atoms with E-state index >= 15 is 0 Å². The number of thioether (sulfide) groups is 1. The number of anilines is 1. The van der Waals surface area contributed by atoms with E-state index in [9.17, 15) is 9.59 Å². The van der Waals surface area contributed by atoms with Gasteiger partial charge in [0.05, 0.1) is 0 Å². The predicted octanol–water partition coefficient (Wildman–Crippen LogP) is 7.32. The molecule has 0 aliphatic heterocycles. The highest BCUT2D eigenvalue weighted by molar-refractivity contribution is 7.98. The molecule has 0 radical (unpaired) electrons. The molecule has 0 aromatic heterocycles. The zero-order chi connectivity index (χ0) is 27.1. The third kappa shape index (κ3) is 8.89. The van der Waals surface area contributed by atoms with E-state index in [4.69, 9.17) is 9.16 Å². The minimum absolute atomic E-state index is 0.0851. The van der Waals surface area contributed by atoms with Gasteiger partial charge in [0.2, 0.25) is 14.2 Å². The maximum absolute atomic E-state index is 13.3. The quantitative estimate of drug-likeness (QED) is 0.332. The van der Waals surface area contributed by atoms with Gasteiger partial charge < -0.3 is 19.8 Å². The summed E-state index contributed by atoms with van der Waals surface area (Å²) in [5, 5.41) is 5.85. The molecule has 0 saturated heterocycles. The highest BCUT2D eigenvalue weighted by Crippen LogP contribution is 2.38. The minimum Gasteiger partial charge on any atom is -0.543 e. The van der Waals surface area contributed by atoms with Crippen LogP contribution in [0.15, 0.2) is 48.5 Å². The fraction of sp³-hybridized carbons (Fsp3) is 0.500. The van der Waals surface area contributed by atoms with Gasteiger partial charge in [0.15, 0.2) is 0 Å². The van der Waals surface area contributed by atoms with Gasteiger partial charge in [0, 0.05) is 11.3 Å². The lowest BCUT2D eigenvalue weighted by atomic mass is 10.0. The monoisotopic (exact) mass is 530 g/mol. The Labute approximate surface area is 222 Å². The third-order valence-corrected chi connectivity index (χ3v) is 11.1. The van der Waals surface area contributed by atoms with E-state index in [1.54, 1.807) is 32.5 Å². The molecule has 0 fully saturated rings. The van der Waals surface area contributed by atoms with Crippen LogP contribution in [0.2, 0.25) is 18.1 Å². The van der Waals surface area contributed by atoms with Gasteiger partial charge in [-0.3, -0.25) is 4.79 Å². The van der Waals surface area contributed by atoms with Crippen LogP contribution in [-0.4, -0.2) is 44.0 Å². The fourth-order valence-corrected chi connectivity index (χ4v) is 4.69. The molecule has 2 aromatic rings. The van der Waals surface area contributed by atoms with E-state index < -0.39 is 26.1 Å². The second-order valence-corrected chi connectivity index (χ2v) is 17.1. The van der Waals surface area contributed by atoms with Gasteiger partial charge >= 0.3 is 6.09 Å². The summed E-state index contributed by atoms with van der Waals surface area (Å²) < 4.78 is 11.9. The molecule has 8 heteroatoms. The summed E-state index contributed by atoms with van der Waals surface area (Å²) in [5.74, 6) is 1.27. The smallest absolute Gasteiger partial charge is 0.408 e. The van der Waals surface area contributed by atoms with Gasteiger partial charge in [-0.2, -0.15) is 11.8 Å². The lowest BCUT2D eigenvalue weighted by molar-refractivity contribution is -0.118. The van der Waals surface area contributed by atoms with E-state index in [-0.39, 0.29) is 10.9 Å². The van der Waals surface area contributed by atoms with E-state index in [1.807, 2.05) is 54.8 Å². The molecule has 1 atom stereocenters. The number of hydrogen-bond donors (Lipinski definition) is 2. The molecular weight excluding hydrogens is 488 g/mol. The summed E-state index contributed by atoms with van der Waals surface area (Å²) in [5.41, 5.74) is 1.86. The summed E-state index contributed by atoms with van der Waals surface area (Å²) in [6, 6.07) is 14.9. The van der Waals surface area contributed by atoms with Crippen LogP contribution in [0.4, 0.5) is 10.5 Å². The Morgan fingerprint density at radius 2 is 1.67 bits per heavy atom. The van der Waals surface area contributed by atoms with Crippen LogP contribution in [0.1, 0.15) is 48.0 Å². The van der Waals surface area contributed by atoms with Crippen LogP contribution in [0.5, 0.6) is 5.75 Å². The van der Waals surface area contributed by atoms with Crippen molar-refractivity contribution in [1.82, 2.24) is 5.32 Å². The predicted molar refractivity (Wildman–Crippen MR) is 154 cm³/mol. The second-order valence-electron chi connectivity index (χ2n) is 11.4. The number of alkyl carbamates (subject to hydrolysis) is 1. The van der Waals surface area contributed by atoms with Gasteiger partial charge in [0.25, 0.3) is 0 Å². The van der Waals surface area contributed by atoms with E-state index in [2.05, 4.69) is 44.5 Å². The lowest BCUT2D eigenvalue weighted by Gasteiger charge is -2.36. The first-order valence-electron chi connectivity index (χ1n) is 12.3. The minimum atomic E-state index is -1.99. The number of carbonyl (C=O) groups is 2. The van der Waals surface area contributed by atoms with Crippen molar-refractivity contribution in [1.29, 1.82) is 0 Å². The van der Waals surface area contributed by atoms with Crippen LogP contribution in [-0.2, 0) is 9.53 Å². The normalized spacial score (nSPS) is 13.0. The Hall–Kier alpha value is -2.45. The molecule has 2 aromatic carbocycles. The van der Waals surface area contributed by atoms with Crippen molar-refractivity contribution in [3.63, 3.8) is 0 Å². The van der Waals surface area contributed by atoms with Crippen molar-refractivity contribution in [3.8, 4) is 16.9 Å². The Bertz CT molecular complexity index is 1040. The van der Waals surface area contributed by atoms with Crippen LogP contribution in [0, 0.1) is 0 Å². The Morgan fingerprint density at radius 1 is 1.00 bits per heavy atom. The Morgan fingerprint density at radius 3 is 2.28 bits per heavy atom. The number of para-hydroxylation sites is 1. The summed E-state index contributed by atoms with van der Waals surface area (Å²) in [4.78, 5) is 25.6. The van der Waals surface area contributed by atoms with Crippen molar-refractivity contribution >= 4 is 37.8 Å². The van der Waals surface area contributed by atoms with Gasteiger partial charge in [-0.25, -0.2) is 4.79 Å². The van der Waals surface area contributed by atoms with Crippen molar-refractivity contribution in [2.24, 2.45) is 0 Å². The summed E-state index contributed by atoms with van der Waals surface area (Å²) in [7, 11) is -1.99. The maximum atomic E-state index is 13.3. The molecule has 2 N–H and O–H groups in total. The van der Waals surface area contributed by atoms with E-state index in [0.29, 0.717) is 12.1 Å². The zero-order valence-corrected chi connectivity index (χ0v) is 25.0. The standard InChI is InChI=1S/C28H42N2O4SSi/c1-27(2,3)33-26(32)30-24(17-18-35-7)25(31)29-23-16-11-10-15-22(23)20-13-12-14-21(19-20)34-36(8,9)28(4,5)6/h10-16,19,24H,17-18H2,1-9H3,(H,29,31)(H,30,32)/t24-/m0/s1. The molecule has 198 valence electrons. The zero-order valence-electron chi connectivity index (χ0n) is 23.2. The van der Waals surface area contributed by atoms with Gasteiger partial charge in [-0.05, 0) is 81.1 Å². The number of ether oxygens (including phenoxy) is 1. The number of rotatable bonds is 9. The topological polar surface area (TPSA) is 76.7 Å². The van der Waals surface area contributed by atoms with E-state index in [1.165, 1.54) is 0 Å². The number of nitrogens with one attached hydrogen (secondary N) is 2. The van der Waals surface area contributed by atoms with Crippen LogP contribution < -0.4 is 15.1 Å². The largest absolute Gasteiger partial charge is 0.543 e. The first-order valence-corrected chi connectivity index (χ1v) is 16.6. The van der Waals surface area contributed by atoms with Crippen LogP contribution in [0.3, 0.4) is 0 Å². The summed E-state index contributed by atoms with van der Waals surface area (Å²) in [6.45, 7) is 16.5. The second kappa shape index (κ2) is 12.2. The van der Waals surface area contributed by atoms with Crippen molar-refractivity contribution in [2.45, 2.75) is 77.7 Å². The van der Waals surface area contributed by atoms with Crippen molar-refractivity contribution in [3.05, 3.63) is 48.5 Å². The summed E-state index contributed by atoms with van der Waals surface area (Å²) >= 11 is 1.62. The highest BCUT2D eigenvalue weighted by Gasteiger charge is 2.39. The molecule has 0 aliphatic rings. The number of amides is 2. The summed E-state index contributed by atoms with van der Waals surface area (Å²) in [6.07, 6.45) is 1.86. The molecule has 6 nitrogen and oxygen atoms in total. The van der Waals surface area contributed by atoms with Crippen LogP contribution >= 0.6 is 11.8 Å². The number of benzene rings is 2. The Kier molecular flexibility index (Phi) is 10.1. The maximum Gasteiger partial charge on any atom is 0.408 e. The number of hydrogen-bond acceptors (Lipinski definition) is 5. The first-order chi connectivity index (χ1) is 16.6. The van der Waals surface area contributed by atoms with Gasteiger partial charge in [-0.15, -0.1) is 0 Å². The molecular formula is C28H42N2O4SSi. The molecule has 0 saturated carbocycles. The molecule has 2 amide bonds. The van der Waals surface area contributed by atoms with E-state index in [0.717, 1.165) is 22.6 Å². The molecule has 0 bridgehead atoms. The SMILES string of the molecule is CSCC[C@H](NC(=O)OC(C)(C)C)C(=O)Nc1ccccc1-c1cccc(O[Si](C)(C)C(C)(C)C)c1. The molecule has 2 rings (SSSR count). The highest BCUT2D eigenvalue weighted by atomic mass is 32.2. The fourth-order valence-electron chi connectivity index (χ4n) is 3.19. The Balaban J connectivity index is 2.28. The number of carbonyl (C=O) groups excluding carboxylic acids is 2. The molecule has 0 spiro atoms. The molecule has 36 heavy (non-hydrogen) atoms. The van der Waals surface area contributed by atoms with Gasteiger partial charge in [-0.1, -0.05) is 51.1 Å². The average Bonchev–Trinajstić information content (AvgIpc) is 2.74. The molecule has 0 aliphatic carbocycles. The average molecular weight is 531 g/mol. The lowest BCUT2D eigenvalue weighted by Crippen LogP contribution is -2.46. The molecule has 0 heterocycles. The van der Waals surface area contributed by atoms with Gasteiger partial charge in [0.1, 0.15) is 17.4 Å².